The average Bonchev–Trinajstić information content (AvgIpc) is 3.26. The van der Waals surface area contributed by atoms with Crippen molar-refractivity contribution in [3.8, 4) is 11.6 Å². The Hall–Kier alpha value is -1.29. The van der Waals surface area contributed by atoms with Crippen LogP contribution in [0, 0.1) is 29.6 Å². The third kappa shape index (κ3) is 5.65. The van der Waals surface area contributed by atoms with Crippen molar-refractivity contribution < 1.29 is 13.4 Å². The molecule has 160 valence electrons. The minimum absolute atomic E-state index is 0.0864. The molecule has 0 spiro atoms. The number of hydrogen-bond acceptors (Lipinski definition) is 3. The largest absolute Gasteiger partial charge is 0.473 e. The van der Waals surface area contributed by atoms with E-state index in [2.05, 4.69) is 15.3 Å². The fraction of sp³-hybridized carbons (Fsp3) is 0.708. The van der Waals surface area contributed by atoms with Crippen LogP contribution in [0.5, 0.6) is 11.6 Å². The number of ether oxygens (including phenoxy) is 1. The highest BCUT2D eigenvalue weighted by molar-refractivity contribution is 6.09. The average molecular weight is 422 g/mol. The minimum Gasteiger partial charge on any atom is -0.473 e. The molecule has 3 aliphatic carbocycles. The van der Waals surface area contributed by atoms with Crippen LogP contribution in [0.3, 0.4) is 0 Å². The lowest BCUT2D eigenvalue weighted by atomic mass is 9.70. The predicted molar refractivity (Wildman–Crippen MR) is 114 cm³/mol. The van der Waals surface area contributed by atoms with Crippen LogP contribution >= 0.6 is 11.9 Å². The Balaban J connectivity index is 1.19. The van der Waals surface area contributed by atoms with Crippen molar-refractivity contribution in [1.82, 2.24) is 4.98 Å². The van der Waals surface area contributed by atoms with Gasteiger partial charge in [0.2, 0.25) is 11.6 Å². The van der Waals surface area contributed by atoms with Gasteiger partial charge in [-0.1, -0.05) is 44.6 Å². The van der Waals surface area contributed by atoms with Gasteiger partial charge in [-0.3, -0.25) is 0 Å². The number of halogens is 2. The Bertz CT molecular complexity index is 696. The van der Waals surface area contributed by atoms with Crippen LogP contribution in [-0.2, 0) is 0 Å². The maximum atomic E-state index is 13.6. The zero-order valence-corrected chi connectivity index (χ0v) is 18.0. The van der Waals surface area contributed by atoms with E-state index >= 15 is 0 Å². The zero-order valence-electron chi connectivity index (χ0n) is 17.3. The molecule has 0 aromatic carbocycles. The van der Waals surface area contributed by atoms with E-state index in [0.717, 1.165) is 36.5 Å². The van der Waals surface area contributed by atoms with Crippen molar-refractivity contribution in [2.75, 3.05) is 6.61 Å². The second-order valence-electron chi connectivity index (χ2n) is 9.37. The van der Waals surface area contributed by atoms with Gasteiger partial charge in [-0.15, -0.1) is 0 Å². The first-order valence-electron chi connectivity index (χ1n) is 11.5. The molecule has 3 nitrogen and oxygen atoms in total. The summed E-state index contributed by atoms with van der Waals surface area (Å²) in [6.45, 7) is 0.481. The monoisotopic (exact) mass is 421 g/mol. The van der Waals surface area contributed by atoms with Gasteiger partial charge >= 0.3 is 0 Å². The van der Waals surface area contributed by atoms with Crippen molar-refractivity contribution in [2.24, 2.45) is 23.7 Å². The Morgan fingerprint density at radius 1 is 0.966 bits per heavy atom. The van der Waals surface area contributed by atoms with E-state index in [-0.39, 0.29) is 11.6 Å². The molecular formula is C24H33ClFNO2. The third-order valence-corrected chi connectivity index (χ3v) is 7.69. The summed E-state index contributed by atoms with van der Waals surface area (Å²) in [5.41, 5.74) is 1.30. The molecule has 5 heteroatoms. The molecule has 3 aliphatic rings. The van der Waals surface area contributed by atoms with Crippen LogP contribution in [0.25, 0.3) is 0 Å². The second kappa shape index (κ2) is 10.1. The molecule has 1 aromatic rings. The van der Waals surface area contributed by atoms with Gasteiger partial charge in [0, 0.05) is 6.07 Å². The molecule has 2 fully saturated rings. The number of allylic oxidation sites excluding steroid dienone is 1. The number of aromatic nitrogens is 1. The molecule has 1 unspecified atom stereocenters. The van der Waals surface area contributed by atoms with E-state index in [0.29, 0.717) is 6.61 Å². The van der Waals surface area contributed by atoms with E-state index in [1.54, 1.807) is 6.07 Å². The maximum Gasteiger partial charge on any atom is 0.260 e. The molecule has 0 bridgehead atoms. The summed E-state index contributed by atoms with van der Waals surface area (Å²) in [6, 6.07) is 3.01. The molecule has 0 radical (unpaired) electrons. The summed E-state index contributed by atoms with van der Waals surface area (Å²) < 4.78 is 23.6. The maximum absolute atomic E-state index is 13.6. The summed E-state index contributed by atoms with van der Waals surface area (Å²) in [5, 5.41) is 0. The normalized spacial score (nSPS) is 28.2. The topological polar surface area (TPSA) is 31.4 Å². The van der Waals surface area contributed by atoms with Crippen molar-refractivity contribution >= 4 is 11.9 Å². The summed E-state index contributed by atoms with van der Waals surface area (Å²) >= 11 is 5.18. The Morgan fingerprint density at radius 3 is 2.38 bits per heavy atom. The molecule has 1 aromatic heterocycles. The van der Waals surface area contributed by atoms with Crippen LogP contribution in [-0.4, -0.2) is 11.6 Å². The Morgan fingerprint density at radius 2 is 1.72 bits per heavy atom. The Kier molecular flexibility index (Phi) is 7.34. The smallest absolute Gasteiger partial charge is 0.260 e. The van der Waals surface area contributed by atoms with E-state index < -0.39 is 5.95 Å². The fourth-order valence-electron chi connectivity index (χ4n) is 5.79. The van der Waals surface area contributed by atoms with Gasteiger partial charge in [0.15, 0.2) is 0 Å². The number of rotatable bonds is 7. The molecular weight excluding hydrogens is 389 g/mol. The van der Waals surface area contributed by atoms with E-state index in [4.69, 9.17) is 16.6 Å². The van der Waals surface area contributed by atoms with Crippen molar-refractivity contribution in [3.05, 3.63) is 29.7 Å². The minimum atomic E-state index is -0.751. The highest BCUT2D eigenvalue weighted by Crippen LogP contribution is 2.42. The van der Waals surface area contributed by atoms with Gasteiger partial charge in [0.1, 0.15) is 18.5 Å². The van der Waals surface area contributed by atoms with Crippen LogP contribution in [0.2, 0.25) is 0 Å². The first-order valence-corrected chi connectivity index (χ1v) is 11.8. The quantitative estimate of drug-likeness (QED) is 0.343. The molecule has 0 amide bonds. The van der Waals surface area contributed by atoms with E-state index in [1.165, 1.54) is 75.8 Å². The van der Waals surface area contributed by atoms with Crippen LogP contribution < -0.4 is 9.03 Å². The van der Waals surface area contributed by atoms with Crippen LogP contribution in [0.1, 0.15) is 77.0 Å². The number of hydrogen-bond donors (Lipinski definition) is 0. The molecule has 1 heterocycles. The molecule has 0 saturated heterocycles. The lowest BCUT2D eigenvalue weighted by molar-refractivity contribution is 0.174. The molecule has 4 rings (SSSR count). The second-order valence-corrected chi connectivity index (χ2v) is 9.52. The van der Waals surface area contributed by atoms with Gasteiger partial charge < -0.3 is 9.03 Å². The zero-order chi connectivity index (χ0) is 20.1. The number of pyridine rings is 1. The summed E-state index contributed by atoms with van der Waals surface area (Å²) in [4.78, 5) is 3.73. The molecule has 0 N–H and O–H groups in total. The van der Waals surface area contributed by atoms with Crippen molar-refractivity contribution in [2.45, 2.75) is 77.0 Å². The van der Waals surface area contributed by atoms with Crippen LogP contribution in [0.15, 0.2) is 23.8 Å². The lowest BCUT2D eigenvalue weighted by Crippen LogP contribution is -2.24. The molecule has 29 heavy (non-hydrogen) atoms. The molecule has 2 saturated carbocycles. The van der Waals surface area contributed by atoms with E-state index in [1.807, 2.05) is 0 Å². The summed E-state index contributed by atoms with van der Waals surface area (Å²) in [7, 11) is 0. The van der Waals surface area contributed by atoms with E-state index in [9.17, 15) is 4.39 Å². The Labute approximate surface area is 179 Å². The highest BCUT2D eigenvalue weighted by Gasteiger charge is 2.30. The van der Waals surface area contributed by atoms with Gasteiger partial charge in [-0.2, -0.15) is 9.37 Å². The third-order valence-electron chi connectivity index (χ3n) is 7.52. The van der Waals surface area contributed by atoms with Crippen molar-refractivity contribution in [3.63, 3.8) is 0 Å². The number of nitrogens with zero attached hydrogens (tertiary/aromatic N) is 1. The summed E-state index contributed by atoms with van der Waals surface area (Å²) in [6.07, 6.45) is 19.1. The first kappa shape index (κ1) is 21.0. The van der Waals surface area contributed by atoms with Crippen molar-refractivity contribution in [1.29, 1.82) is 0 Å². The molecule has 0 aliphatic heterocycles. The SMILES string of the molecule is Fc1nc(OCC2=CCC(C3CCC(CC4CCCC4)CC3)CC2)ccc1OCl. The van der Waals surface area contributed by atoms with Gasteiger partial charge in [0.25, 0.3) is 5.95 Å². The van der Waals surface area contributed by atoms with Gasteiger partial charge in [0.05, 0.1) is 0 Å². The first-order chi connectivity index (χ1) is 14.2. The lowest BCUT2D eigenvalue weighted by Gasteiger charge is -2.36. The fourth-order valence-corrected chi connectivity index (χ4v) is 5.91. The van der Waals surface area contributed by atoms with Crippen LogP contribution in [0.4, 0.5) is 4.39 Å². The predicted octanol–water partition coefficient (Wildman–Crippen LogP) is 7.25. The van der Waals surface area contributed by atoms with Gasteiger partial charge in [-0.25, -0.2) is 0 Å². The highest BCUT2D eigenvalue weighted by atomic mass is 35.5. The summed E-state index contributed by atoms with van der Waals surface area (Å²) in [5.74, 6) is 3.22. The molecule has 1 atom stereocenters. The van der Waals surface area contributed by atoms with Gasteiger partial charge in [-0.05, 0) is 73.8 Å². The standard InChI is InChI=1S/C24H33ClFNO2/c25-29-22-13-14-23(27-24(22)26)28-16-19-7-11-21(12-8-19)20-9-5-18(6-10-20)15-17-3-1-2-4-17/h7,13-14,17-18,20-21H,1-6,8-12,15-16H2.